The number of rotatable bonds is 2. The highest BCUT2D eigenvalue weighted by atomic mass is 79.9. The summed E-state index contributed by atoms with van der Waals surface area (Å²) in [6.07, 6.45) is 0. The summed E-state index contributed by atoms with van der Waals surface area (Å²) in [6, 6.07) is 5.00. The molecule has 0 aliphatic carbocycles. The molecule has 0 amide bonds. The Labute approximate surface area is 127 Å². The van der Waals surface area contributed by atoms with Crippen LogP contribution in [-0.2, 0) is 10.0 Å². The third-order valence-electron chi connectivity index (χ3n) is 3.21. The Morgan fingerprint density at radius 3 is 2.79 bits per heavy atom. The number of hydrogen-bond acceptors (Lipinski definition) is 3. The number of hydrogen-bond donors (Lipinski definition) is 1. The van der Waals surface area contributed by atoms with Gasteiger partial charge in [-0.05, 0) is 41.9 Å². The summed E-state index contributed by atoms with van der Waals surface area (Å²) in [6.45, 7) is 4.96. The number of benzene rings is 1. The number of halogens is 2. The van der Waals surface area contributed by atoms with Crippen molar-refractivity contribution in [1.29, 1.82) is 0 Å². The van der Waals surface area contributed by atoms with Crippen LogP contribution in [0.25, 0.3) is 0 Å². The lowest BCUT2D eigenvalue weighted by Gasteiger charge is -2.36. The zero-order valence-electron chi connectivity index (χ0n) is 10.7. The molecule has 1 aromatic rings. The molecule has 2 rings (SSSR count). The lowest BCUT2D eigenvalue weighted by Crippen LogP contribution is -2.56. The van der Waals surface area contributed by atoms with Gasteiger partial charge in [-0.25, -0.2) is 8.42 Å². The van der Waals surface area contributed by atoms with Crippen molar-refractivity contribution in [2.24, 2.45) is 0 Å². The van der Waals surface area contributed by atoms with Crippen molar-refractivity contribution in [2.75, 3.05) is 13.1 Å². The van der Waals surface area contributed by atoms with Gasteiger partial charge >= 0.3 is 0 Å². The van der Waals surface area contributed by atoms with Gasteiger partial charge in [0.25, 0.3) is 0 Å². The summed E-state index contributed by atoms with van der Waals surface area (Å²) < 4.78 is 27.5. The summed E-state index contributed by atoms with van der Waals surface area (Å²) in [5.41, 5.74) is 0. The van der Waals surface area contributed by atoms with E-state index in [1.807, 2.05) is 13.8 Å². The highest BCUT2D eigenvalue weighted by Crippen LogP contribution is 2.32. The standard InChI is InChI=1S/C12H16BrClN2O2S/c1-8-7-16(9(2)6-15-8)19(17,18)11-5-3-4-10(13)12(11)14/h3-5,8-9,15H,6-7H2,1-2H3. The van der Waals surface area contributed by atoms with Crippen LogP contribution in [0, 0.1) is 0 Å². The predicted octanol–water partition coefficient (Wildman–Crippen LogP) is 2.47. The fourth-order valence-corrected chi connectivity index (χ4v) is 4.86. The summed E-state index contributed by atoms with van der Waals surface area (Å²) in [5.74, 6) is 0. The second kappa shape index (κ2) is 5.69. The number of nitrogens with zero attached hydrogens (tertiary/aromatic N) is 1. The molecule has 1 saturated heterocycles. The molecule has 19 heavy (non-hydrogen) atoms. The van der Waals surface area contributed by atoms with Crippen LogP contribution in [0.4, 0.5) is 0 Å². The highest BCUT2D eigenvalue weighted by molar-refractivity contribution is 9.10. The lowest BCUT2D eigenvalue weighted by atomic mass is 10.2. The molecule has 106 valence electrons. The fraction of sp³-hybridized carbons (Fsp3) is 0.500. The van der Waals surface area contributed by atoms with Crippen LogP contribution in [0.3, 0.4) is 0 Å². The highest BCUT2D eigenvalue weighted by Gasteiger charge is 2.34. The average Bonchev–Trinajstić information content (AvgIpc) is 2.35. The van der Waals surface area contributed by atoms with Gasteiger partial charge < -0.3 is 5.32 Å². The maximum absolute atomic E-state index is 12.7. The van der Waals surface area contributed by atoms with Gasteiger partial charge in [0.15, 0.2) is 0 Å². The number of sulfonamides is 1. The molecule has 1 aliphatic heterocycles. The maximum atomic E-state index is 12.7. The van der Waals surface area contributed by atoms with Crippen molar-refractivity contribution < 1.29 is 8.42 Å². The van der Waals surface area contributed by atoms with Crippen LogP contribution in [0.5, 0.6) is 0 Å². The average molecular weight is 368 g/mol. The molecule has 2 atom stereocenters. The second-order valence-corrected chi connectivity index (χ2v) is 7.88. The number of nitrogens with one attached hydrogen (secondary N) is 1. The smallest absolute Gasteiger partial charge is 0.244 e. The maximum Gasteiger partial charge on any atom is 0.244 e. The van der Waals surface area contributed by atoms with Crippen LogP contribution in [0.15, 0.2) is 27.6 Å². The van der Waals surface area contributed by atoms with Gasteiger partial charge in [0.1, 0.15) is 4.90 Å². The lowest BCUT2D eigenvalue weighted by molar-refractivity contribution is 0.244. The summed E-state index contributed by atoms with van der Waals surface area (Å²) >= 11 is 9.37. The molecule has 1 heterocycles. The van der Waals surface area contributed by atoms with Gasteiger partial charge in [0.2, 0.25) is 10.0 Å². The molecule has 1 fully saturated rings. The van der Waals surface area contributed by atoms with Crippen molar-refractivity contribution >= 4 is 37.6 Å². The SMILES string of the molecule is CC1CN(S(=O)(=O)c2cccc(Br)c2Cl)C(C)CN1. The quantitative estimate of drug-likeness (QED) is 0.873. The predicted molar refractivity (Wildman–Crippen MR) is 80.0 cm³/mol. The molecule has 0 bridgehead atoms. The third kappa shape index (κ3) is 2.97. The molecule has 7 heteroatoms. The van der Waals surface area contributed by atoms with E-state index in [2.05, 4.69) is 21.2 Å². The van der Waals surface area contributed by atoms with Crippen molar-refractivity contribution in [1.82, 2.24) is 9.62 Å². The first-order valence-electron chi connectivity index (χ1n) is 6.03. The first kappa shape index (κ1) is 15.3. The molecule has 1 aromatic carbocycles. The van der Waals surface area contributed by atoms with Crippen LogP contribution >= 0.6 is 27.5 Å². The van der Waals surface area contributed by atoms with Gasteiger partial charge in [0.05, 0.1) is 5.02 Å². The Morgan fingerprint density at radius 2 is 2.11 bits per heavy atom. The molecular weight excluding hydrogens is 352 g/mol. The van der Waals surface area contributed by atoms with Gasteiger partial charge in [-0.1, -0.05) is 17.7 Å². The molecule has 0 radical (unpaired) electrons. The van der Waals surface area contributed by atoms with Crippen molar-refractivity contribution in [3.05, 3.63) is 27.7 Å². The van der Waals surface area contributed by atoms with E-state index < -0.39 is 10.0 Å². The molecule has 0 saturated carbocycles. The summed E-state index contributed by atoms with van der Waals surface area (Å²) in [7, 11) is -3.57. The molecule has 0 spiro atoms. The van der Waals surface area contributed by atoms with Crippen LogP contribution in [-0.4, -0.2) is 37.9 Å². The van der Waals surface area contributed by atoms with Crippen LogP contribution < -0.4 is 5.32 Å². The third-order valence-corrected chi connectivity index (χ3v) is 6.64. The Hall–Kier alpha value is -0.140. The zero-order valence-corrected chi connectivity index (χ0v) is 13.9. The fourth-order valence-electron chi connectivity index (χ4n) is 2.13. The Balaban J connectivity index is 2.44. The van der Waals surface area contributed by atoms with E-state index in [1.54, 1.807) is 18.2 Å². The van der Waals surface area contributed by atoms with Gasteiger partial charge in [-0.15, -0.1) is 0 Å². The zero-order chi connectivity index (χ0) is 14.2. The minimum Gasteiger partial charge on any atom is -0.311 e. The largest absolute Gasteiger partial charge is 0.311 e. The first-order valence-corrected chi connectivity index (χ1v) is 8.64. The van der Waals surface area contributed by atoms with Crippen molar-refractivity contribution in [3.63, 3.8) is 0 Å². The van der Waals surface area contributed by atoms with E-state index in [-0.39, 0.29) is 22.0 Å². The van der Waals surface area contributed by atoms with E-state index in [1.165, 1.54) is 4.31 Å². The minimum absolute atomic E-state index is 0.0868. The summed E-state index contributed by atoms with van der Waals surface area (Å²) in [4.78, 5) is 0.157. The molecular formula is C12H16BrClN2O2S. The number of piperazine rings is 1. The molecule has 0 aromatic heterocycles. The van der Waals surface area contributed by atoms with E-state index in [9.17, 15) is 8.42 Å². The second-order valence-electron chi connectivity index (χ2n) is 4.78. The van der Waals surface area contributed by atoms with E-state index in [4.69, 9.17) is 11.6 Å². The van der Waals surface area contributed by atoms with Gasteiger partial charge in [-0.3, -0.25) is 0 Å². The Bertz CT molecular complexity index is 579. The van der Waals surface area contributed by atoms with Gasteiger partial charge in [-0.2, -0.15) is 4.31 Å². The Kier molecular flexibility index (Phi) is 4.57. The van der Waals surface area contributed by atoms with Crippen molar-refractivity contribution in [3.8, 4) is 0 Å². The molecule has 4 nitrogen and oxygen atoms in total. The van der Waals surface area contributed by atoms with E-state index in [0.717, 1.165) is 0 Å². The van der Waals surface area contributed by atoms with Gasteiger partial charge in [0, 0.05) is 29.6 Å². The van der Waals surface area contributed by atoms with Crippen LogP contribution in [0.2, 0.25) is 5.02 Å². The van der Waals surface area contributed by atoms with Crippen LogP contribution in [0.1, 0.15) is 13.8 Å². The molecule has 2 unspecified atom stereocenters. The normalized spacial score (nSPS) is 25.5. The van der Waals surface area contributed by atoms with E-state index >= 15 is 0 Å². The molecule has 1 N–H and O–H groups in total. The van der Waals surface area contributed by atoms with E-state index in [0.29, 0.717) is 17.6 Å². The molecule has 1 aliphatic rings. The summed E-state index contributed by atoms with van der Waals surface area (Å²) in [5, 5.41) is 3.50. The monoisotopic (exact) mass is 366 g/mol. The Morgan fingerprint density at radius 1 is 1.42 bits per heavy atom. The minimum atomic E-state index is -3.57. The van der Waals surface area contributed by atoms with Crippen molar-refractivity contribution in [2.45, 2.75) is 30.8 Å². The topological polar surface area (TPSA) is 49.4 Å². The first-order chi connectivity index (χ1) is 8.84.